The van der Waals surface area contributed by atoms with Crippen LogP contribution in [0.25, 0.3) is 10.2 Å². The molecule has 0 atom stereocenters. The highest BCUT2D eigenvalue weighted by Gasteiger charge is 2.07. The van der Waals surface area contributed by atoms with E-state index < -0.39 is 0 Å². The van der Waals surface area contributed by atoms with Gasteiger partial charge >= 0.3 is 0 Å². The van der Waals surface area contributed by atoms with Crippen molar-refractivity contribution in [3.63, 3.8) is 0 Å². The molecule has 2 aromatic carbocycles. The molecule has 19 heavy (non-hydrogen) atoms. The Kier molecular flexibility index (Phi) is 3.05. The number of aromatic nitrogens is 1. The number of methoxy groups -OCH3 is 1. The van der Waals surface area contributed by atoms with Gasteiger partial charge in [-0.3, -0.25) is 0 Å². The number of para-hydroxylation sites is 1. The molecule has 0 unspecified atom stereocenters. The number of halogens is 1. The number of ether oxygens (including phenoxy) is 1. The Morgan fingerprint density at radius 1 is 1.21 bits per heavy atom. The fourth-order valence-electron chi connectivity index (χ4n) is 1.76. The van der Waals surface area contributed by atoms with Gasteiger partial charge in [-0.15, -0.1) is 0 Å². The summed E-state index contributed by atoms with van der Waals surface area (Å²) in [6.45, 7) is 0. The van der Waals surface area contributed by atoms with Crippen molar-refractivity contribution >= 4 is 32.4 Å². The van der Waals surface area contributed by atoms with Gasteiger partial charge < -0.3 is 10.1 Å². The molecule has 3 aromatic rings. The summed E-state index contributed by atoms with van der Waals surface area (Å²) in [6.07, 6.45) is 0. The Bertz CT molecular complexity index is 726. The number of nitrogens with one attached hydrogen (secondary N) is 1. The van der Waals surface area contributed by atoms with Crippen LogP contribution in [-0.2, 0) is 0 Å². The molecule has 96 valence electrons. The summed E-state index contributed by atoms with van der Waals surface area (Å²) >= 11 is 1.46. The topological polar surface area (TPSA) is 34.1 Å². The van der Waals surface area contributed by atoms with Crippen molar-refractivity contribution in [3.8, 4) is 5.75 Å². The molecular weight excluding hydrogens is 263 g/mol. The van der Waals surface area contributed by atoms with Gasteiger partial charge in [-0.1, -0.05) is 23.5 Å². The third-order valence-electron chi connectivity index (χ3n) is 2.71. The molecule has 1 N–H and O–H groups in total. The second-order valence-electron chi connectivity index (χ2n) is 3.96. The molecular formula is C14H11FN2OS. The fourth-order valence-corrected chi connectivity index (χ4v) is 2.67. The van der Waals surface area contributed by atoms with Gasteiger partial charge in [0.25, 0.3) is 0 Å². The average molecular weight is 274 g/mol. The molecule has 0 spiro atoms. The minimum atomic E-state index is -0.292. The van der Waals surface area contributed by atoms with Crippen LogP contribution in [0.1, 0.15) is 0 Å². The quantitative estimate of drug-likeness (QED) is 0.777. The molecule has 5 heteroatoms. The number of hydrogen-bond acceptors (Lipinski definition) is 4. The standard InChI is InChI=1S/C14H11FN2OS/c1-18-9-6-7-12-13(8-9)19-14(17-12)16-11-5-3-2-4-10(11)15/h2-8H,1H3,(H,16,17). The van der Waals surface area contributed by atoms with E-state index in [0.29, 0.717) is 10.8 Å². The first-order valence-electron chi connectivity index (χ1n) is 5.72. The molecule has 3 nitrogen and oxygen atoms in total. The molecule has 0 saturated heterocycles. The van der Waals surface area contributed by atoms with Crippen LogP contribution in [0.2, 0.25) is 0 Å². The second kappa shape index (κ2) is 4.85. The van der Waals surface area contributed by atoms with Crippen LogP contribution in [0.4, 0.5) is 15.2 Å². The number of anilines is 2. The Labute approximate surface area is 113 Å². The van der Waals surface area contributed by atoms with E-state index in [9.17, 15) is 4.39 Å². The van der Waals surface area contributed by atoms with Gasteiger partial charge in [-0.2, -0.15) is 0 Å². The first-order chi connectivity index (χ1) is 9.26. The highest BCUT2D eigenvalue weighted by molar-refractivity contribution is 7.22. The highest BCUT2D eigenvalue weighted by Crippen LogP contribution is 2.31. The lowest BCUT2D eigenvalue weighted by Gasteiger charge is -2.02. The number of hydrogen-bond donors (Lipinski definition) is 1. The maximum absolute atomic E-state index is 13.5. The Balaban J connectivity index is 1.95. The van der Waals surface area contributed by atoms with Gasteiger partial charge in [-0.25, -0.2) is 9.37 Å². The summed E-state index contributed by atoms with van der Waals surface area (Å²) in [5.41, 5.74) is 1.29. The lowest BCUT2D eigenvalue weighted by molar-refractivity contribution is 0.415. The zero-order chi connectivity index (χ0) is 13.2. The van der Waals surface area contributed by atoms with Crippen LogP contribution >= 0.6 is 11.3 Å². The van der Waals surface area contributed by atoms with Gasteiger partial charge in [0.15, 0.2) is 5.13 Å². The zero-order valence-corrected chi connectivity index (χ0v) is 11.0. The number of fused-ring (bicyclic) bond motifs is 1. The lowest BCUT2D eigenvalue weighted by atomic mass is 10.3. The van der Waals surface area contributed by atoms with Gasteiger partial charge in [-0.05, 0) is 30.3 Å². The summed E-state index contributed by atoms with van der Waals surface area (Å²) in [7, 11) is 1.63. The predicted molar refractivity (Wildman–Crippen MR) is 75.9 cm³/mol. The van der Waals surface area contributed by atoms with Crippen molar-refractivity contribution in [1.29, 1.82) is 0 Å². The summed E-state index contributed by atoms with van der Waals surface area (Å²) < 4.78 is 19.7. The van der Waals surface area contributed by atoms with Crippen LogP contribution in [0.15, 0.2) is 42.5 Å². The minimum absolute atomic E-state index is 0.292. The van der Waals surface area contributed by atoms with Crippen LogP contribution in [0, 0.1) is 5.82 Å². The Morgan fingerprint density at radius 2 is 2.05 bits per heavy atom. The number of thiazole rings is 1. The van der Waals surface area contributed by atoms with Gasteiger partial charge in [0.1, 0.15) is 11.6 Å². The van der Waals surface area contributed by atoms with Crippen LogP contribution < -0.4 is 10.1 Å². The molecule has 1 aromatic heterocycles. The maximum atomic E-state index is 13.5. The van der Waals surface area contributed by atoms with Crippen LogP contribution in [-0.4, -0.2) is 12.1 Å². The van der Waals surface area contributed by atoms with E-state index in [0.717, 1.165) is 16.0 Å². The summed E-state index contributed by atoms with van der Waals surface area (Å²) in [6, 6.07) is 12.2. The normalized spacial score (nSPS) is 10.6. The smallest absolute Gasteiger partial charge is 0.188 e. The minimum Gasteiger partial charge on any atom is -0.497 e. The molecule has 0 amide bonds. The van der Waals surface area contributed by atoms with Crippen molar-refractivity contribution in [1.82, 2.24) is 4.98 Å². The maximum Gasteiger partial charge on any atom is 0.188 e. The largest absolute Gasteiger partial charge is 0.497 e. The zero-order valence-electron chi connectivity index (χ0n) is 10.2. The van der Waals surface area contributed by atoms with E-state index in [4.69, 9.17) is 4.74 Å². The Morgan fingerprint density at radius 3 is 2.84 bits per heavy atom. The average Bonchev–Trinajstić information content (AvgIpc) is 2.82. The highest BCUT2D eigenvalue weighted by atomic mass is 32.1. The third-order valence-corrected chi connectivity index (χ3v) is 3.64. The van der Waals surface area contributed by atoms with Crippen molar-refractivity contribution in [2.75, 3.05) is 12.4 Å². The second-order valence-corrected chi connectivity index (χ2v) is 4.99. The van der Waals surface area contributed by atoms with E-state index in [2.05, 4.69) is 10.3 Å². The molecule has 0 aliphatic rings. The van der Waals surface area contributed by atoms with Crippen molar-refractivity contribution in [3.05, 3.63) is 48.3 Å². The molecule has 0 aliphatic heterocycles. The van der Waals surface area contributed by atoms with Crippen molar-refractivity contribution in [2.45, 2.75) is 0 Å². The van der Waals surface area contributed by atoms with Gasteiger partial charge in [0.05, 0.1) is 23.0 Å². The van der Waals surface area contributed by atoms with E-state index in [-0.39, 0.29) is 5.82 Å². The summed E-state index contributed by atoms with van der Waals surface area (Å²) in [5, 5.41) is 3.65. The molecule has 0 fully saturated rings. The van der Waals surface area contributed by atoms with Crippen LogP contribution in [0.3, 0.4) is 0 Å². The summed E-state index contributed by atoms with van der Waals surface area (Å²) in [4.78, 5) is 4.41. The Hall–Kier alpha value is -2.14. The summed E-state index contributed by atoms with van der Waals surface area (Å²) in [5.74, 6) is 0.493. The van der Waals surface area contributed by atoms with Crippen molar-refractivity contribution < 1.29 is 9.13 Å². The van der Waals surface area contributed by atoms with Gasteiger partial charge in [0, 0.05) is 0 Å². The number of nitrogens with zero attached hydrogens (tertiary/aromatic N) is 1. The SMILES string of the molecule is COc1ccc2nc(Nc3ccccc3F)sc2c1. The van der Waals surface area contributed by atoms with Crippen molar-refractivity contribution in [2.24, 2.45) is 0 Å². The predicted octanol–water partition coefficient (Wildman–Crippen LogP) is 4.19. The number of rotatable bonds is 3. The lowest BCUT2D eigenvalue weighted by Crippen LogP contribution is -1.91. The molecule has 1 heterocycles. The first-order valence-corrected chi connectivity index (χ1v) is 6.54. The van der Waals surface area contributed by atoms with Crippen LogP contribution in [0.5, 0.6) is 5.75 Å². The third kappa shape index (κ3) is 2.37. The van der Waals surface area contributed by atoms with E-state index in [1.165, 1.54) is 17.4 Å². The van der Waals surface area contributed by atoms with E-state index >= 15 is 0 Å². The molecule has 0 radical (unpaired) electrons. The van der Waals surface area contributed by atoms with E-state index in [1.807, 2.05) is 18.2 Å². The monoisotopic (exact) mass is 274 g/mol. The fraction of sp³-hybridized carbons (Fsp3) is 0.0714. The molecule has 0 aliphatic carbocycles. The van der Waals surface area contributed by atoms with E-state index in [1.54, 1.807) is 25.3 Å². The number of benzene rings is 2. The molecule has 0 bridgehead atoms. The first kappa shape index (κ1) is 11.9. The van der Waals surface area contributed by atoms with Gasteiger partial charge in [0.2, 0.25) is 0 Å². The molecule has 0 saturated carbocycles. The molecule has 3 rings (SSSR count).